The van der Waals surface area contributed by atoms with E-state index in [0.29, 0.717) is 18.2 Å². The van der Waals surface area contributed by atoms with Gasteiger partial charge in [-0.05, 0) is 43.0 Å². The van der Waals surface area contributed by atoms with E-state index in [2.05, 4.69) is 0 Å². The summed E-state index contributed by atoms with van der Waals surface area (Å²) < 4.78 is 8.00. The first-order valence-corrected chi connectivity index (χ1v) is 7.69. The number of nitrogens with zero attached hydrogens (tertiary/aromatic N) is 3. The van der Waals surface area contributed by atoms with Crippen molar-refractivity contribution in [1.82, 2.24) is 9.13 Å². The number of rotatable bonds is 5. The van der Waals surface area contributed by atoms with Crippen LogP contribution in [0.1, 0.15) is 23.3 Å². The molecule has 0 aliphatic heterocycles. The Morgan fingerprint density at radius 1 is 1.26 bits per heavy atom. The van der Waals surface area contributed by atoms with Gasteiger partial charge in [-0.3, -0.25) is 9.36 Å². The van der Waals surface area contributed by atoms with Crippen molar-refractivity contribution >= 4 is 11.6 Å². The van der Waals surface area contributed by atoms with Gasteiger partial charge in [0, 0.05) is 32.5 Å². The number of aryl methyl sites for hydroxylation is 1. The normalized spacial score (nSPS) is 13.9. The highest BCUT2D eigenvalue weighted by Crippen LogP contribution is 2.32. The standard InChI is InChI=1S/C17H21N3O3/c1-18-11-15(19(2)17(18)22)16(21)20(10-12-4-5-12)13-6-8-14(23-3)9-7-13/h6-9,11-12H,4-5,10H2,1-3H3. The molecule has 1 aromatic carbocycles. The summed E-state index contributed by atoms with van der Waals surface area (Å²) in [7, 11) is 4.89. The molecule has 0 radical (unpaired) electrons. The molecular weight excluding hydrogens is 294 g/mol. The maximum absolute atomic E-state index is 13.0. The van der Waals surface area contributed by atoms with Crippen LogP contribution < -0.4 is 15.3 Å². The van der Waals surface area contributed by atoms with Gasteiger partial charge in [0.15, 0.2) is 0 Å². The molecule has 3 rings (SSSR count). The van der Waals surface area contributed by atoms with E-state index < -0.39 is 0 Å². The van der Waals surface area contributed by atoms with E-state index in [0.717, 1.165) is 24.3 Å². The minimum atomic E-state index is -0.200. The molecule has 0 saturated heterocycles. The average molecular weight is 315 g/mol. The summed E-state index contributed by atoms with van der Waals surface area (Å²) in [6, 6.07) is 7.43. The van der Waals surface area contributed by atoms with Crippen molar-refractivity contribution in [3.63, 3.8) is 0 Å². The van der Waals surface area contributed by atoms with Gasteiger partial charge in [-0.15, -0.1) is 0 Å². The Balaban J connectivity index is 1.95. The third-order valence-corrected chi connectivity index (χ3v) is 4.25. The van der Waals surface area contributed by atoms with Crippen molar-refractivity contribution < 1.29 is 9.53 Å². The Morgan fingerprint density at radius 3 is 2.39 bits per heavy atom. The van der Waals surface area contributed by atoms with Gasteiger partial charge in [-0.25, -0.2) is 4.79 Å². The van der Waals surface area contributed by atoms with E-state index >= 15 is 0 Å². The Bertz CT molecular complexity index is 769. The lowest BCUT2D eigenvalue weighted by Crippen LogP contribution is -2.35. The number of imidazole rings is 1. The number of methoxy groups -OCH3 is 1. The number of hydrogen-bond donors (Lipinski definition) is 0. The molecular formula is C17H21N3O3. The number of hydrogen-bond acceptors (Lipinski definition) is 3. The SMILES string of the molecule is COc1ccc(N(CC2CC2)C(=O)c2cn(C)c(=O)n2C)cc1. The van der Waals surface area contributed by atoms with Gasteiger partial charge in [0.1, 0.15) is 11.4 Å². The summed E-state index contributed by atoms with van der Waals surface area (Å²) >= 11 is 0. The Kier molecular flexibility index (Phi) is 3.98. The highest BCUT2D eigenvalue weighted by molar-refractivity contribution is 6.05. The zero-order chi connectivity index (χ0) is 16.6. The fourth-order valence-electron chi connectivity index (χ4n) is 2.63. The molecule has 0 spiro atoms. The second kappa shape index (κ2) is 5.95. The molecule has 6 nitrogen and oxygen atoms in total. The van der Waals surface area contributed by atoms with Crippen molar-refractivity contribution in [2.75, 3.05) is 18.6 Å². The van der Waals surface area contributed by atoms with E-state index in [1.807, 2.05) is 24.3 Å². The summed E-state index contributed by atoms with van der Waals surface area (Å²) in [4.78, 5) is 26.6. The van der Waals surface area contributed by atoms with Crippen LogP contribution in [0.3, 0.4) is 0 Å². The lowest BCUT2D eigenvalue weighted by atomic mass is 10.2. The molecule has 122 valence electrons. The van der Waals surface area contributed by atoms with E-state index in [1.54, 1.807) is 32.3 Å². The van der Waals surface area contributed by atoms with Gasteiger partial charge < -0.3 is 14.2 Å². The van der Waals surface area contributed by atoms with Crippen molar-refractivity contribution in [3.05, 3.63) is 46.6 Å². The fraction of sp³-hybridized carbons (Fsp3) is 0.412. The molecule has 1 aliphatic rings. The van der Waals surface area contributed by atoms with E-state index in [1.165, 1.54) is 9.13 Å². The molecule has 1 saturated carbocycles. The number of benzene rings is 1. The van der Waals surface area contributed by atoms with Gasteiger partial charge in [0.25, 0.3) is 5.91 Å². The minimum Gasteiger partial charge on any atom is -0.497 e. The summed E-state index contributed by atoms with van der Waals surface area (Å²) in [5.74, 6) is 1.14. The molecule has 0 N–H and O–H groups in total. The highest BCUT2D eigenvalue weighted by atomic mass is 16.5. The predicted octanol–water partition coefficient (Wildman–Crippen LogP) is 1.79. The predicted molar refractivity (Wildman–Crippen MR) is 88.0 cm³/mol. The van der Waals surface area contributed by atoms with E-state index in [9.17, 15) is 9.59 Å². The lowest BCUT2D eigenvalue weighted by molar-refractivity contribution is 0.0977. The van der Waals surface area contributed by atoms with Crippen LogP contribution in [0.2, 0.25) is 0 Å². The zero-order valence-electron chi connectivity index (χ0n) is 13.7. The van der Waals surface area contributed by atoms with Gasteiger partial charge in [-0.2, -0.15) is 0 Å². The maximum Gasteiger partial charge on any atom is 0.328 e. The minimum absolute atomic E-state index is 0.151. The van der Waals surface area contributed by atoms with Crippen LogP contribution in [0.15, 0.2) is 35.3 Å². The van der Waals surface area contributed by atoms with Crippen molar-refractivity contribution in [2.45, 2.75) is 12.8 Å². The average Bonchev–Trinajstić information content (AvgIpc) is 3.35. The van der Waals surface area contributed by atoms with Gasteiger partial charge in [0.05, 0.1) is 7.11 Å². The summed E-state index contributed by atoms with van der Waals surface area (Å²) in [5, 5.41) is 0. The molecule has 0 atom stereocenters. The van der Waals surface area contributed by atoms with Crippen molar-refractivity contribution in [2.24, 2.45) is 20.0 Å². The van der Waals surface area contributed by atoms with Crippen LogP contribution in [-0.4, -0.2) is 28.7 Å². The molecule has 1 aliphatic carbocycles. The molecule has 23 heavy (non-hydrogen) atoms. The molecule has 1 fully saturated rings. The number of aromatic nitrogens is 2. The molecule has 1 amide bonds. The van der Waals surface area contributed by atoms with Crippen LogP contribution >= 0.6 is 0 Å². The maximum atomic E-state index is 13.0. The van der Waals surface area contributed by atoms with Gasteiger partial charge >= 0.3 is 5.69 Å². The van der Waals surface area contributed by atoms with Crippen molar-refractivity contribution in [1.29, 1.82) is 0 Å². The number of carbonyl (C=O) groups excluding carboxylic acids is 1. The van der Waals surface area contributed by atoms with Crippen LogP contribution in [0, 0.1) is 5.92 Å². The number of amides is 1. The first kappa shape index (κ1) is 15.4. The number of carbonyl (C=O) groups is 1. The fourth-order valence-corrected chi connectivity index (χ4v) is 2.63. The monoisotopic (exact) mass is 315 g/mol. The van der Waals surface area contributed by atoms with Crippen LogP contribution in [-0.2, 0) is 14.1 Å². The molecule has 1 aromatic heterocycles. The molecule has 2 aromatic rings. The summed E-state index contributed by atoms with van der Waals surface area (Å²) in [5.41, 5.74) is 1.02. The lowest BCUT2D eigenvalue weighted by Gasteiger charge is -2.23. The second-order valence-electron chi connectivity index (χ2n) is 6.02. The molecule has 6 heteroatoms. The highest BCUT2D eigenvalue weighted by Gasteiger charge is 2.29. The quantitative estimate of drug-likeness (QED) is 0.845. The van der Waals surface area contributed by atoms with Gasteiger partial charge in [0.2, 0.25) is 0 Å². The first-order chi connectivity index (χ1) is 11.0. The third kappa shape index (κ3) is 3.02. The summed E-state index contributed by atoms with van der Waals surface area (Å²) in [6.45, 7) is 0.675. The van der Waals surface area contributed by atoms with Crippen LogP contribution in [0.4, 0.5) is 5.69 Å². The first-order valence-electron chi connectivity index (χ1n) is 7.69. The van der Waals surface area contributed by atoms with Crippen LogP contribution in [0.5, 0.6) is 5.75 Å². The topological polar surface area (TPSA) is 56.5 Å². The molecule has 0 bridgehead atoms. The second-order valence-corrected chi connectivity index (χ2v) is 6.02. The number of anilines is 1. The van der Waals surface area contributed by atoms with Gasteiger partial charge in [-0.1, -0.05) is 0 Å². The largest absolute Gasteiger partial charge is 0.497 e. The van der Waals surface area contributed by atoms with Crippen molar-refractivity contribution in [3.8, 4) is 5.75 Å². The zero-order valence-corrected chi connectivity index (χ0v) is 13.7. The molecule has 0 unspecified atom stereocenters. The Morgan fingerprint density at radius 2 is 1.91 bits per heavy atom. The number of ether oxygens (including phenoxy) is 1. The Labute approximate surface area is 134 Å². The third-order valence-electron chi connectivity index (χ3n) is 4.25. The van der Waals surface area contributed by atoms with Crippen LogP contribution in [0.25, 0.3) is 0 Å². The Hall–Kier alpha value is -2.50. The van der Waals surface area contributed by atoms with E-state index in [-0.39, 0.29) is 11.6 Å². The van der Waals surface area contributed by atoms with E-state index in [4.69, 9.17) is 4.74 Å². The summed E-state index contributed by atoms with van der Waals surface area (Å²) in [6.07, 6.45) is 3.88. The smallest absolute Gasteiger partial charge is 0.328 e. The molecule has 1 heterocycles.